The zero-order valence-corrected chi connectivity index (χ0v) is 14.3. The third-order valence-corrected chi connectivity index (χ3v) is 5.10. The van der Waals surface area contributed by atoms with Gasteiger partial charge in [-0.1, -0.05) is 57.9 Å². The maximum Gasteiger partial charge on any atom is 0.00831 e. The first-order chi connectivity index (χ1) is 10.2. The van der Waals surface area contributed by atoms with Gasteiger partial charge in [-0.3, -0.25) is 0 Å². The van der Waals surface area contributed by atoms with E-state index in [1.807, 2.05) is 0 Å². The third kappa shape index (κ3) is 4.10. The molecular weight excluding hydrogens is 254 g/mol. The van der Waals surface area contributed by atoms with Crippen LogP contribution in [-0.4, -0.2) is 13.1 Å². The standard InChI is InChI=1S/C20H33N/c1-4-9-17(3)15-20(16-21-14-5-2)13-8-11-18-10-6-7-12-19(18)20/h6-7,10,12,17,21H,4-5,8-9,11,13-16H2,1-3H3. The summed E-state index contributed by atoms with van der Waals surface area (Å²) in [6.07, 6.45) is 9.21. The van der Waals surface area contributed by atoms with Gasteiger partial charge >= 0.3 is 0 Å². The highest BCUT2D eigenvalue weighted by Crippen LogP contribution is 2.42. The lowest BCUT2D eigenvalue weighted by Gasteiger charge is -2.41. The summed E-state index contributed by atoms with van der Waals surface area (Å²) in [5.41, 5.74) is 3.62. The van der Waals surface area contributed by atoms with Gasteiger partial charge in [-0.25, -0.2) is 0 Å². The van der Waals surface area contributed by atoms with Crippen molar-refractivity contribution < 1.29 is 0 Å². The topological polar surface area (TPSA) is 12.0 Å². The van der Waals surface area contributed by atoms with Gasteiger partial charge in [0.2, 0.25) is 0 Å². The largest absolute Gasteiger partial charge is 0.316 e. The Bertz CT molecular complexity index is 426. The van der Waals surface area contributed by atoms with Gasteiger partial charge in [-0.05, 0) is 55.7 Å². The summed E-state index contributed by atoms with van der Waals surface area (Å²) in [4.78, 5) is 0. The fraction of sp³-hybridized carbons (Fsp3) is 0.700. The van der Waals surface area contributed by atoms with E-state index >= 15 is 0 Å². The summed E-state index contributed by atoms with van der Waals surface area (Å²) in [6.45, 7) is 9.32. The SMILES string of the molecule is CCCNCC1(CC(C)CCC)CCCc2ccccc21. The van der Waals surface area contributed by atoms with Crippen LogP contribution >= 0.6 is 0 Å². The maximum absolute atomic E-state index is 3.73. The minimum Gasteiger partial charge on any atom is -0.316 e. The molecule has 0 saturated heterocycles. The highest BCUT2D eigenvalue weighted by atomic mass is 14.9. The molecule has 2 rings (SSSR count). The van der Waals surface area contributed by atoms with E-state index in [2.05, 4.69) is 50.4 Å². The predicted molar refractivity (Wildman–Crippen MR) is 92.9 cm³/mol. The van der Waals surface area contributed by atoms with Crippen LogP contribution < -0.4 is 5.32 Å². The predicted octanol–water partition coefficient (Wildman–Crippen LogP) is 5.09. The van der Waals surface area contributed by atoms with Crippen LogP contribution in [0.5, 0.6) is 0 Å². The van der Waals surface area contributed by atoms with Gasteiger partial charge in [-0.2, -0.15) is 0 Å². The van der Waals surface area contributed by atoms with Crippen molar-refractivity contribution in [3.05, 3.63) is 35.4 Å². The lowest BCUT2D eigenvalue weighted by Crippen LogP contribution is -2.42. The molecule has 0 heterocycles. The van der Waals surface area contributed by atoms with E-state index in [9.17, 15) is 0 Å². The molecule has 0 radical (unpaired) electrons. The zero-order chi connectivity index (χ0) is 15.1. The molecule has 0 spiro atoms. The van der Waals surface area contributed by atoms with Crippen LogP contribution in [0.25, 0.3) is 0 Å². The number of hydrogen-bond acceptors (Lipinski definition) is 1. The Balaban J connectivity index is 2.23. The molecule has 1 aromatic carbocycles. The summed E-state index contributed by atoms with van der Waals surface area (Å²) >= 11 is 0. The molecule has 1 heteroatoms. The van der Waals surface area contributed by atoms with Gasteiger partial charge in [0.25, 0.3) is 0 Å². The molecule has 118 valence electrons. The summed E-state index contributed by atoms with van der Waals surface area (Å²) in [5.74, 6) is 0.824. The van der Waals surface area contributed by atoms with Crippen molar-refractivity contribution in [3.63, 3.8) is 0 Å². The Labute approximate surface area is 131 Å². The van der Waals surface area contributed by atoms with Gasteiger partial charge in [-0.15, -0.1) is 0 Å². The van der Waals surface area contributed by atoms with E-state index in [1.54, 1.807) is 11.1 Å². The van der Waals surface area contributed by atoms with Crippen LogP contribution in [0.4, 0.5) is 0 Å². The van der Waals surface area contributed by atoms with Crippen molar-refractivity contribution in [2.75, 3.05) is 13.1 Å². The minimum absolute atomic E-state index is 0.374. The molecule has 1 aliphatic carbocycles. The average Bonchev–Trinajstić information content (AvgIpc) is 2.48. The summed E-state index contributed by atoms with van der Waals surface area (Å²) in [6, 6.07) is 9.21. The number of hydrogen-bond donors (Lipinski definition) is 1. The van der Waals surface area contributed by atoms with Crippen molar-refractivity contribution >= 4 is 0 Å². The van der Waals surface area contributed by atoms with Crippen LogP contribution in [0.15, 0.2) is 24.3 Å². The molecule has 0 aliphatic heterocycles. The number of fused-ring (bicyclic) bond motifs is 1. The molecule has 1 aromatic rings. The molecule has 0 saturated carbocycles. The van der Waals surface area contributed by atoms with Crippen LogP contribution in [0.3, 0.4) is 0 Å². The summed E-state index contributed by atoms with van der Waals surface area (Å²) in [5, 5.41) is 3.73. The van der Waals surface area contributed by atoms with Gasteiger partial charge in [0.1, 0.15) is 0 Å². The van der Waals surface area contributed by atoms with E-state index < -0.39 is 0 Å². The van der Waals surface area contributed by atoms with Gasteiger partial charge in [0.05, 0.1) is 0 Å². The number of benzene rings is 1. The van der Waals surface area contributed by atoms with Crippen LogP contribution in [-0.2, 0) is 11.8 Å². The van der Waals surface area contributed by atoms with Crippen molar-refractivity contribution in [3.8, 4) is 0 Å². The second kappa shape index (κ2) is 7.98. The van der Waals surface area contributed by atoms with Crippen molar-refractivity contribution in [1.82, 2.24) is 5.32 Å². The first-order valence-corrected chi connectivity index (χ1v) is 9.01. The van der Waals surface area contributed by atoms with E-state index in [1.165, 1.54) is 44.9 Å². The Morgan fingerprint density at radius 1 is 1.19 bits per heavy atom. The van der Waals surface area contributed by atoms with E-state index in [4.69, 9.17) is 0 Å². The van der Waals surface area contributed by atoms with E-state index in [0.29, 0.717) is 5.41 Å². The molecule has 1 N–H and O–H groups in total. The lowest BCUT2D eigenvalue weighted by atomic mass is 9.65. The molecule has 1 aliphatic rings. The van der Waals surface area contributed by atoms with Gasteiger partial charge in [0, 0.05) is 12.0 Å². The quantitative estimate of drug-likeness (QED) is 0.657. The molecule has 0 amide bonds. The fourth-order valence-electron chi connectivity index (χ4n) is 4.24. The molecule has 0 bridgehead atoms. The van der Waals surface area contributed by atoms with Crippen molar-refractivity contribution in [2.45, 2.75) is 71.1 Å². The highest BCUT2D eigenvalue weighted by Gasteiger charge is 2.36. The number of nitrogens with one attached hydrogen (secondary N) is 1. The monoisotopic (exact) mass is 287 g/mol. The van der Waals surface area contributed by atoms with Crippen LogP contribution in [0.1, 0.15) is 70.4 Å². The summed E-state index contributed by atoms with van der Waals surface area (Å²) < 4.78 is 0. The van der Waals surface area contributed by atoms with Crippen molar-refractivity contribution in [1.29, 1.82) is 0 Å². The molecule has 0 aromatic heterocycles. The zero-order valence-electron chi connectivity index (χ0n) is 14.3. The second-order valence-corrected chi connectivity index (χ2v) is 7.07. The molecule has 1 nitrogen and oxygen atoms in total. The Morgan fingerprint density at radius 2 is 2.00 bits per heavy atom. The first kappa shape index (κ1) is 16.5. The number of aryl methyl sites for hydroxylation is 1. The maximum atomic E-state index is 3.73. The highest BCUT2D eigenvalue weighted by molar-refractivity contribution is 5.37. The third-order valence-electron chi connectivity index (χ3n) is 5.10. The fourth-order valence-corrected chi connectivity index (χ4v) is 4.24. The van der Waals surface area contributed by atoms with Gasteiger partial charge < -0.3 is 5.32 Å². The molecule has 2 atom stereocenters. The average molecular weight is 287 g/mol. The molecule has 21 heavy (non-hydrogen) atoms. The lowest BCUT2D eigenvalue weighted by molar-refractivity contribution is 0.265. The number of rotatable bonds is 8. The summed E-state index contributed by atoms with van der Waals surface area (Å²) in [7, 11) is 0. The van der Waals surface area contributed by atoms with E-state index in [-0.39, 0.29) is 0 Å². The second-order valence-electron chi connectivity index (χ2n) is 7.07. The molecule has 0 fully saturated rings. The normalized spacial score (nSPS) is 22.8. The molecule has 2 unspecified atom stereocenters. The van der Waals surface area contributed by atoms with Crippen LogP contribution in [0, 0.1) is 5.92 Å². The Kier molecular flexibility index (Phi) is 6.29. The van der Waals surface area contributed by atoms with Crippen molar-refractivity contribution in [2.24, 2.45) is 5.92 Å². The Morgan fingerprint density at radius 3 is 2.76 bits per heavy atom. The van der Waals surface area contributed by atoms with Gasteiger partial charge in [0.15, 0.2) is 0 Å². The molecular formula is C20H33N. The smallest absolute Gasteiger partial charge is 0.00831 e. The Hall–Kier alpha value is -0.820. The van der Waals surface area contributed by atoms with Crippen LogP contribution in [0.2, 0.25) is 0 Å². The van der Waals surface area contributed by atoms with E-state index in [0.717, 1.165) is 19.0 Å². The first-order valence-electron chi connectivity index (χ1n) is 9.01. The minimum atomic E-state index is 0.374.